The number of piperazine rings is 1. The number of benzene rings is 1. The van der Waals surface area contributed by atoms with Gasteiger partial charge in [-0.15, -0.1) is 0 Å². The first-order chi connectivity index (χ1) is 12.4. The van der Waals surface area contributed by atoms with Gasteiger partial charge in [0.2, 0.25) is 10.0 Å². The van der Waals surface area contributed by atoms with Gasteiger partial charge in [-0.1, -0.05) is 25.4 Å². The molecule has 6 nitrogen and oxygen atoms in total. The molecule has 0 atom stereocenters. The number of nitrogens with zero attached hydrogens (tertiary/aromatic N) is 4. The van der Waals surface area contributed by atoms with Crippen LogP contribution in [-0.4, -0.2) is 59.9 Å². The van der Waals surface area contributed by atoms with E-state index in [1.165, 1.54) is 0 Å². The first-order valence-electron chi connectivity index (χ1n) is 8.87. The fourth-order valence-corrected chi connectivity index (χ4v) is 4.76. The molecule has 3 rings (SSSR count). The van der Waals surface area contributed by atoms with Gasteiger partial charge in [0.05, 0.1) is 4.90 Å². The lowest BCUT2D eigenvalue weighted by Crippen LogP contribution is -2.49. The van der Waals surface area contributed by atoms with Gasteiger partial charge in [0.1, 0.15) is 5.82 Å². The summed E-state index contributed by atoms with van der Waals surface area (Å²) in [6.45, 7) is 8.52. The molecule has 26 heavy (non-hydrogen) atoms. The van der Waals surface area contributed by atoms with Crippen LogP contribution in [0.25, 0.3) is 0 Å². The Kier molecular flexibility index (Phi) is 6.02. The zero-order valence-electron chi connectivity index (χ0n) is 15.2. The van der Waals surface area contributed by atoms with Crippen LogP contribution < -0.4 is 0 Å². The Balaban J connectivity index is 1.55. The molecular weight excluding hydrogens is 372 g/mol. The standard InChI is InChI=1S/C18H25ClN4O2S/c1-15(2)18-20-7-8-22(18)12-9-21-10-13-23(14-11-21)26(24,25)17-5-3-16(19)4-6-17/h3-8,15H,9-14H2,1-2H3. The molecule has 1 aliphatic heterocycles. The van der Waals surface area contributed by atoms with Gasteiger partial charge in [0.25, 0.3) is 0 Å². The molecule has 0 aliphatic carbocycles. The van der Waals surface area contributed by atoms with E-state index in [9.17, 15) is 8.42 Å². The quantitative estimate of drug-likeness (QED) is 0.753. The third-order valence-corrected chi connectivity index (χ3v) is 6.87. The Morgan fingerprint density at radius 2 is 1.73 bits per heavy atom. The summed E-state index contributed by atoms with van der Waals surface area (Å²) in [7, 11) is -3.45. The largest absolute Gasteiger partial charge is 0.333 e. The number of sulfonamides is 1. The summed E-state index contributed by atoms with van der Waals surface area (Å²) >= 11 is 5.85. The molecule has 2 aromatic rings. The predicted octanol–water partition coefficient (Wildman–Crippen LogP) is 2.67. The second-order valence-electron chi connectivity index (χ2n) is 6.83. The van der Waals surface area contributed by atoms with E-state index in [0.717, 1.165) is 32.0 Å². The van der Waals surface area contributed by atoms with E-state index in [4.69, 9.17) is 11.6 Å². The average Bonchev–Trinajstić information content (AvgIpc) is 3.09. The Labute approximate surface area is 160 Å². The van der Waals surface area contributed by atoms with Crippen molar-refractivity contribution in [2.45, 2.75) is 31.2 Å². The highest BCUT2D eigenvalue weighted by Gasteiger charge is 2.28. The average molecular weight is 397 g/mol. The maximum atomic E-state index is 12.7. The summed E-state index contributed by atoms with van der Waals surface area (Å²) < 4.78 is 29.2. The zero-order chi connectivity index (χ0) is 18.7. The molecule has 0 radical (unpaired) electrons. The number of imidazole rings is 1. The Morgan fingerprint density at radius 1 is 1.08 bits per heavy atom. The predicted molar refractivity (Wildman–Crippen MR) is 103 cm³/mol. The van der Waals surface area contributed by atoms with E-state index in [1.807, 2.05) is 12.4 Å². The fraction of sp³-hybridized carbons (Fsp3) is 0.500. The Morgan fingerprint density at radius 3 is 2.35 bits per heavy atom. The molecule has 2 heterocycles. The van der Waals surface area contributed by atoms with Crippen LogP contribution in [0.4, 0.5) is 0 Å². The van der Waals surface area contributed by atoms with Gasteiger partial charge in [-0.05, 0) is 24.3 Å². The van der Waals surface area contributed by atoms with Crippen molar-refractivity contribution in [3.63, 3.8) is 0 Å². The molecule has 8 heteroatoms. The van der Waals surface area contributed by atoms with Gasteiger partial charge in [-0.25, -0.2) is 13.4 Å². The molecule has 1 aromatic heterocycles. The smallest absolute Gasteiger partial charge is 0.243 e. The van der Waals surface area contributed by atoms with E-state index in [0.29, 0.717) is 28.9 Å². The first-order valence-corrected chi connectivity index (χ1v) is 10.7. The van der Waals surface area contributed by atoms with E-state index < -0.39 is 10.0 Å². The van der Waals surface area contributed by atoms with Crippen molar-refractivity contribution in [2.24, 2.45) is 0 Å². The maximum Gasteiger partial charge on any atom is 0.243 e. The third-order valence-electron chi connectivity index (χ3n) is 4.70. The molecule has 1 fully saturated rings. The van der Waals surface area contributed by atoms with Crippen molar-refractivity contribution in [1.29, 1.82) is 0 Å². The minimum absolute atomic E-state index is 0.301. The second kappa shape index (κ2) is 8.08. The lowest BCUT2D eigenvalue weighted by atomic mass is 10.2. The van der Waals surface area contributed by atoms with Crippen molar-refractivity contribution in [3.05, 3.63) is 47.5 Å². The van der Waals surface area contributed by atoms with Crippen molar-refractivity contribution in [3.8, 4) is 0 Å². The van der Waals surface area contributed by atoms with Crippen molar-refractivity contribution in [1.82, 2.24) is 18.8 Å². The third kappa shape index (κ3) is 4.28. The SMILES string of the molecule is CC(C)c1nccn1CCN1CCN(S(=O)(=O)c2ccc(Cl)cc2)CC1. The highest BCUT2D eigenvalue weighted by molar-refractivity contribution is 7.89. The molecule has 0 N–H and O–H groups in total. The number of hydrogen-bond acceptors (Lipinski definition) is 4. The zero-order valence-corrected chi connectivity index (χ0v) is 16.7. The minimum atomic E-state index is -3.45. The summed E-state index contributed by atoms with van der Waals surface area (Å²) in [5.74, 6) is 1.49. The highest BCUT2D eigenvalue weighted by Crippen LogP contribution is 2.20. The molecule has 0 spiro atoms. The monoisotopic (exact) mass is 396 g/mol. The van der Waals surface area contributed by atoms with E-state index in [2.05, 4.69) is 28.3 Å². The van der Waals surface area contributed by atoms with Crippen LogP contribution in [0.5, 0.6) is 0 Å². The van der Waals surface area contributed by atoms with E-state index in [-0.39, 0.29) is 0 Å². The minimum Gasteiger partial charge on any atom is -0.333 e. The van der Waals surface area contributed by atoms with Crippen molar-refractivity contribution < 1.29 is 8.42 Å². The van der Waals surface area contributed by atoms with Gasteiger partial charge < -0.3 is 4.57 Å². The van der Waals surface area contributed by atoms with Gasteiger partial charge in [-0.2, -0.15) is 4.31 Å². The number of aromatic nitrogens is 2. The van der Waals surface area contributed by atoms with Crippen LogP contribution in [0, 0.1) is 0 Å². The number of halogens is 1. The van der Waals surface area contributed by atoms with Crippen LogP contribution in [-0.2, 0) is 16.6 Å². The lowest BCUT2D eigenvalue weighted by molar-refractivity contribution is 0.182. The highest BCUT2D eigenvalue weighted by atomic mass is 35.5. The normalized spacial score (nSPS) is 17.1. The summed E-state index contributed by atoms with van der Waals surface area (Å²) in [6, 6.07) is 6.36. The Bertz CT molecular complexity index is 825. The van der Waals surface area contributed by atoms with Gasteiger partial charge in [0.15, 0.2) is 0 Å². The molecule has 1 aliphatic rings. The summed E-state index contributed by atoms with van der Waals surface area (Å²) in [6.07, 6.45) is 3.85. The first kappa shape index (κ1) is 19.4. The molecule has 142 valence electrons. The maximum absolute atomic E-state index is 12.7. The Hall–Kier alpha value is -1.41. The van der Waals surface area contributed by atoms with Crippen LogP contribution in [0.3, 0.4) is 0 Å². The van der Waals surface area contributed by atoms with Gasteiger partial charge in [0, 0.05) is 62.6 Å². The van der Waals surface area contributed by atoms with E-state index in [1.54, 1.807) is 28.6 Å². The molecular formula is C18H25ClN4O2S. The lowest BCUT2D eigenvalue weighted by Gasteiger charge is -2.34. The number of rotatable bonds is 6. The molecule has 1 aromatic carbocycles. The van der Waals surface area contributed by atoms with E-state index >= 15 is 0 Å². The van der Waals surface area contributed by atoms with Gasteiger partial charge >= 0.3 is 0 Å². The molecule has 0 bridgehead atoms. The summed E-state index contributed by atoms with van der Waals surface area (Å²) in [4.78, 5) is 7.02. The van der Waals surface area contributed by atoms with Crippen LogP contribution in [0.2, 0.25) is 5.02 Å². The van der Waals surface area contributed by atoms with Crippen LogP contribution in [0.1, 0.15) is 25.6 Å². The molecule has 1 saturated heterocycles. The van der Waals surface area contributed by atoms with Crippen LogP contribution >= 0.6 is 11.6 Å². The van der Waals surface area contributed by atoms with Crippen LogP contribution in [0.15, 0.2) is 41.6 Å². The number of hydrogen-bond donors (Lipinski definition) is 0. The summed E-state index contributed by atoms with van der Waals surface area (Å²) in [5.41, 5.74) is 0. The van der Waals surface area contributed by atoms with Crippen molar-refractivity contribution >= 4 is 21.6 Å². The van der Waals surface area contributed by atoms with Gasteiger partial charge in [-0.3, -0.25) is 4.90 Å². The fourth-order valence-electron chi connectivity index (χ4n) is 3.21. The molecule has 0 unspecified atom stereocenters. The second-order valence-corrected chi connectivity index (χ2v) is 9.21. The van der Waals surface area contributed by atoms with Crippen molar-refractivity contribution in [2.75, 3.05) is 32.7 Å². The molecule has 0 saturated carbocycles. The topological polar surface area (TPSA) is 58.4 Å². The summed E-state index contributed by atoms with van der Waals surface area (Å²) in [5, 5.41) is 0.536. The molecule has 0 amide bonds.